The van der Waals surface area contributed by atoms with Crippen molar-refractivity contribution in [3.8, 4) is 17.2 Å². The van der Waals surface area contributed by atoms with Gasteiger partial charge in [0.25, 0.3) is 5.91 Å². The third kappa shape index (κ3) is 6.87. The van der Waals surface area contributed by atoms with Crippen molar-refractivity contribution in [1.82, 2.24) is 38.5 Å². The Morgan fingerprint density at radius 2 is 1.65 bits per heavy atom. The van der Waals surface area contributed by atoms with E-state index in [0.717, 1.165) is 54.1 Å². The summed E-state index contributed by atoms with van der Waals surface area (Å²) in [5.41, 5.74) is 5.00. The summed E-state index contributed by atoms with van der Waals surface area (Å²) in [5.74, 6) is 0.0460. The quantitative estimate of drug-likeness (QED) is 0.157. The number of imidazole rings is 1. The number of amides is 1. The second-order valence-electron chi connectivity index (χ2n) is 18.3. The number of anilines is 1. The minimum absolute atomic E-state index is 0.0169. The monoisotopic (exact) mass is 901 g/mol. The van der Waals surface area contributed by atoms with E-state index in [1.807, 2.05) is 11.0 Å². The molecule has 2 N–H and O–H groups in total. The molecule has 2 aliphatic heterocycles. The molecular formula is C47H48FN9O7S. The Hall–Kier alpha value is -6.53. The average molecular weight is 902 g/mol. The highest BCUT2D eigenvalue weighted by Gasteiger charge is 2.59. The first-order valence-corrected chi connectivity index (χ1v) is 24.0. The number of aromatic amines is 1. The molecule has 4 aliphatic rings. The third-order valence-electron chi connectivity index (χ3n) is 13.9. The van der Waals surface area contributed by atoms with Crippen LogP contribution >= 0.6 is 0 Å². The van der Waals surface area contributed by atoms with Gasteiger partial charge in [-0.2, -0.15) is 5.10 Å². The highest BCUT2D eigenvalue weighted by Crippen LogP contribution is 2.56. The van der Waals surface area contributed by atoms with Crippen LogP contribution in [0.25, 0.3) is 28.1 Å². The molecular weight excluding hydrogens is 854 g/mol. The fraction of sp³-hybridized carbons (Fsp3) is 0.383. The average Bonchev–Trinajstić information content (AvgIpc) is 3.99. The van der Waals surface area contributed by atoms with E-state index < -0.39 is 33.0 Å². The van der Waals surface area contributed by atoms with E-state index in [1.165, 1.54) is 14.7 Å². The van der Waals surface area contributed by atoms with Crippen molar-refractivity contribution in [3.05, 3.63) is 139 Å². The van der Waals surface area contributed by atoms with Crippen LogP contribution in [0.1, 0.15) is 95.2 Å². The molecule has 6 heterocycles. The summed E-state index contributed by atoms with van der Waals surface area (Å²) >= 11 is 0. The summed E-state index contributed by atoms with van der Waals surface area (Å²) in [6.45, 7) is 7.21. The molecule has 2 aliphatic carbocycles. The van der Waals surface area contributed by atoms with Gasteiger partial charge in [0.05, 0.1) is 29.4 Å². The molecule has 3 atom stereocenters. The van der Waals surface area contributed by atoms with Crippen LogP contribution in [0.2, 0.25) is 0 Å². The standard InChI is InChI=1S/C47H48FN9O7S/c1-26-21-35(22-27(2)40(26)48)57-42(55-18-17-53(46(55)60)34-10-8-33(9-11-34)52-65(4,61)62)39-36(50-57)13-16-54(41(39)30-5-6-30)43(58)38-24-32-23-31(29-14-19-63-20-15-29)7-12-37(32)56(38)47(25-28(47)3)44-49-45(59)64-51-44/h7-12,17-18,21-24,28-30,41,52H,5-6,13-16,19-20,25H2,1-4H3,(H,49,51,59). The van der Waals surface area contributed by atoms with Crippen molar-refractivity contribution in [2.45, 2.75) is 76.8 Å². The molecule has 3 unspecified atom stereocenters. The van der Waals surface area contributed by atoms with E-state index in [1.54, 1.807) is 67.3 Å². The fourth-order valence-electron chi connectivity index (χ4n) is 10.5. The molecule has 18 heteroatoms. The molecule has 0 radical (unpaired) electrons. The van der Waals surface area contributed by atoms with Crippen LogP contribution in [-0.4, -0.2) is 78.9 Å². The van der Waals surface area contributed by atoms with Crippen LogP contribution in [-0.2, 0) is 26.7 Å². The van der Waals surface area contributed by atoms with Gasteiger partial charge in [-0.15, -0.1) is 0 Å². The van der Waals surface area contributed by atoms with Crippen LogP contribution in [0, 0.1) is 31.5 Å². The van der Waals surface area contributed by atoms with E-state index >= 15 is 9.18 Å². The molecule has 3 aromatic carbocycles. The molecule has 1 amide bonds. The molecule has 336 valence electrons. The largest absolute Gasteiger partial charge is 0.438 e. The summed E-state index contributed by atoms with van der Waals surface area (Å²) in [5, 5.41) is 10.3. The minimum Gasteiger partial charge on any atom is -0.381 e. The Morgan fingerprint density at radius 1 is 0.938 bits per heavy atom. The number of benzene rings is 3. The fourth-order valence-corrected chi connectivity index (χ4v) is 11.1. The zero-order chi connectivity index (χ0) is 45.1. The molecule has 7 aromatic rings. The lowest BCUT2D eigenvalue weighted by molar-refractivity contribution is 0.0620. The molecule has 4 aromatic heterocycles. The summed E-state index contributed by atoms with van der Waals surface area (Å²) in [4.78, 5) is 47.7. The maximum Gasteiger partial charge on any atom is 0.438 e. The first kappa shape index (κ1) is 41.2. The number of aromatic nitrogens is 7. The van der Waals surface area contributed by atoms with Crippen LogP contribution in [0.3, 0.4) is 0 Å². The molecule has 3 fully saturated rings. The number of carbonyl (C=O) groups excluding carboxylic acids is 1. The first-order valence-electron chi connectivity index (χ1n) is 22.1. The minimum atomic E-state index is -3.52. The summed E-state index contributed by atoms with van der Waals surface area (Å²) in [6, 6.07) is 17.8. The van der Waals surface area contributed by atoms with Crippen LogP contribution in [0.15, 0.2) is 87.2 Å². The second kappa shape index (κ2) is 15.0. The smallest absolute Gasteiger partial charge is 0.381 e. The number of sulfonamides is 1. The molecule has 0 bridgehead atoms. The van der Waals surface area contributed by atoms with Gasteiger partial charge in [-0.1, -0.05) is 18.1 Å². The number of ether oxygens (including phenoxy) is 1. The molecule has 0 spiro atoms. The number of hydrogen-bond acceptors (Lipinski definition) is 9. The van der Waals surface area contributed by atoms with E-state index in [-0.39, 0.29) is 23.6 Å². The van der Waals surface area contributed by atoms with Gasteiger partial charge in [0, 0.05) is 60.7 Å². The summed E-state index contributed by atoms with van der Waals surface area (Å²) in [7, 11) is -3.52. The number of H-pyrrole nitrogens is 1. The van der Waals surface area contributed by atoms with Gasteiger partial charge < -0.3 is 14.2 Å². The van der Waals surface area contributed by atoms with Crippen molar-refractivity contribution in [2.75, 3.05) is 30.7 Å². The molecule has 11 rings (SSSR count). The Bertz CT molecular complexity index is 3270. The van der Waals surface area contributed by atoms with Crippen molar-refractivity contribution in [1.29, 1.82) is 0 Å². The van der Waals surface area contributed by atoms with Gasteiger partial charge in [-0.05, 0) is 135 Å². The van der Waals surface area contributed by atoms with Gasteiger partial charge >= 0.3 is 11.4 Å². The number of nitrogens with zero attached hydrogens (tertiary/aromatic N) is 7. The molecule has 1 saturated heterocycles. The Balaban J connectivity index is 1.07. The lowest BCUT2D eigenvalue weighted by Crippen LogP contribution is -2.43. The van der Waals surface area contributed by atoms with Crippen molar-refractivity contribution < 1.29 is 26.9 Å². The number of carbonyl (C=O) groups is 1. The lowest BCUT2D eigenvalue weighted by atomic mass is 9.91. The zero-order valence-electron chi connectivity index (χ0n) is 36.4. The SMILES string of the molecule is Cc1cc(-n2nc3c(c2-n2ccn(-c4ccc(NS(C)(=O)=O)cc4)c2=O)C(C2CC2)N(C(=O)c2cc4cc(C5CCOCC5)ccc4n2C2(c4noc(=O)[nH]4)CC2C)CC3)cc(C)c1F. The van der Waals surface area contributed by atoms with Crippen molar-refractivity contribution >= 4 is 32.5 Å². The number of nitrogens with one attached hydrogen (secondary N) is 2. The van der Waals surface area contributed by atoms with Crippen LogP contribution < -0.4 is 16.2 Å². The normalized spacial score (nSPS) is 21.2. The van der Waals surface area contributed by atoms with Gasteiger partial charge in [0.1, 0.15) is 22.9 Å². The highest BCUT2D eigenvalue weighted by molar-refractivity contribution is 7.92. The number of halogens is 1. The molecule has 2 saturated carbocycles. The van der Waals surface area contributed by atoms with Crippen molar-refractivity contribution in [2.24, 2.45) is 11.8 Å². The number of hydrogen-bond donors (Lipinski definition) is 2. The van der Waals surface area contributed by atoms with E-state index in [9.17, 15) is 18.0 Å². The second-order valence-corrected chi connectivity index (χ2v) is 20.1. The van der Waals surface area contributed by atoms with Gasteiger partial charge in [0.2, 0.25) is 10.0 Å². The Labute approximate surface area is 372 Å². The lowest BCUT2D eigenvalue weighted by Gasteiger charge is -2.37. The third-order valence-corrected chi connectivity index (χ3v) is 14.5. The highest BCUT2D eigenvalue weighted by atomic mass is 32.2. The predicted molar refractivity (Wildman–Crippen MR) is 239 cm³/mol. The number of aryl methyl sites for hydroxylation is 2. The zero-order valence-corrected chi connectivity index (χ0v) is 37.2. The Kier molecular flexibility index (Phi) is 9.52. The number of fused-ring (bicyclic) bond motifs is 2. The van der Waals surface area contributed by atoms with Gasteiger partial charge in [-0.25, -0.2) is 27.1 Å². The van der Waals surface area contributed by atoms with E-state index in [0.29, 0.717) is 84.0 Å². The maximum absolute atomic E-state index is 15.8. The topological polar surface area (TPSA) is 184 Å². The maximum atomic E-state index is 15.8. The van der Waals surface area contributed by atoms with Crippen LogP contribution in [0.5, 0.6) is 0 Å². The molecule has 65 heavy (non-hydrogen) atoms. The van der Waals surface area contributed by atoms with Crippen LogP contribution in [0.4, 0.5) is 10.1 Å². The van der Waals surface area contributed by atoms with E-state index in [2.05, 4.69) is 44.6 Å². The van der Waals surface area contributed by atoms with Crippen molar-refractivity contribution in [3.63, 3.8) is 0 Å². The van der Waals surface area contributed by atoms with E-state index in [4.69, 9.17) is 14.4 Å². The summed E-state index contributed by atoms with van der Waals surface area (Å²) < 4.78 is 58.9. The van der Waals surface area contributed by atoms with Gasteiger partial charge in [0.15, 0.2) is 5.82 Å². The molecule has 16 nitrogen and oxygen atoms in total. The number of rotatable bonds is 10. The van der Waals surface area contributed by atoms with Gasteiger partial charge in [-0.3, -0.25) is 28.2 Å². The summed E-state index contributed by atoms with van der Waals surface area (Å²) in [6.07, 6.45) is 8.92. The Morgan fingerprint density at radius 3 is 2.29 bits per heavy atom. The first-order chi connectivity index (χ1) is 31.2. The predicted octanol–water partition coefficient (Wildman–Crippen LogP) is 6.40.